The zero-order chi connectivity index (χ0) is 21.3. The van der Waals surface area contributed by atoms with Crippen LogP contribution in [0.3, 0.4) is 0 Å². The number of rotatable bonds is 6. The van der Waals surface area contributed by atoms with Gasteiger partial charge in [0.2, 0.25) is 0 Å². The van der Waals surface area contributed by atoms with Gasteiger partial charge in [-0.3, -0.25) is 4.79 Å². The summed E-state index contributed by atoms with van der Waals surface area (Å²) < 4.78 is 10.5. The number of ketones is 1. The molecule has 0 saturated heterocycles. The highest BCUT2D eigenvalue weighted by molar-refractivity contribution is 6.16. The molecule has 0 spiro atoms. The van der Waals surface area contributed by atoms with E-state index >= 15 is 0 Å². The number of aryl methyl sites for hydroxylation is 2. The van der Waals surface area contributed by atoms with Crippen LogP contribution in [0.25, 0.3) is 22.3 Å². The molecular formula is C23H20N2O5. The number of aromatic nitrogens is 2. The molecule has 0 fully saturated rings. The first kappa shape index (κ1) is 19.8. The molecule has 4 rings (SSSR count). The minimum absolute atomic E-state index is 0.213. The van der Waals surface area contributed by atoms with Crippen molar-refractivity contribution in [1.29, 1.82) is 0 Å². The van der Waals surface area contributed by atoms with E-state index in [0.717, 1.165) is 0 Å². The molecule has 0 aliphatic heterocycles. The first-order chi connectivity index (χ1) is 14.6. The molecule has 0 amide bonds. The zero-order valence-corrected chi connectivity index (χ0v) is 16.5. The fraction of sp³-hybridized carbons (Fsp3) is 0.174. The maximum Gasteiger partial charge on any atom is 0.194 e. The van der Waals surface area contributed by atoms with Gasteiger partial charge in [0.1, 0.15) is 22.9 Å². The Labute approximate surface area is 172 Å². The minimum atomic E-state index is -0.300. The number of hydrogen-bond donors (Lipinski definition) is 2. The molecule has 7 nitrogen and oxygen atoms in total. The van der Waals surface area contributed by atoms with Crippen LogP contribution < -0.4 is 0 Å². The van der Waals surface area contributed by atoms with Crippen molar-refractivity contribution in [2.24, 2.45) is 0 Å². The van der Waals surface area contributed by atoms with E-state index < -0.39 is 0 Å². The number of benzene rings is 2. The van der Waals surface area contributed by atoms with Crippen LogP contribution in [-0.2, 0) is 13.2 Å². The Morgan fingerprint density at radius 1 is 0.767 bits per heavy atom. The van der Waals surface area contributed by atoms with Crippen LogP contribution in [0.1, 0.15) is 38.8 Å². The SMILES string of the molecule is Cc1onc(CO)c1-c1ccccc1C(=O)c1ccccc1-c1c(CO)noc1C. The van der Waals surface area contributed by atoms with Crippen LogP contribution >= 0.6 is 0 Å². The Morgan fingerprint density at radius 3 is 1.57 bits per heavy atom. The summed E-state index contributed by atoms with van der Waals surface area (Å²) in [5.74, 6) is 0.824. The Bertz CT molecular complexity index is 1130. The van der Waals surface area contributed by atoms with E-state index in [1.165, 1.54) is 0 Å². The van der Waals surface area contributed by atoms with Crippen molar-refractivity contribution in [3.63, 3.8) is 0 Å². The number of nitrogens with zero attached hydrogens (tertiary/aromatic N) is 2. The van der Waals surface area contributed by atoms with Crippen LogP contribution in [0, 0.1) is 13.8 Å². The smallest absolute Gasteiger partial charge is 0.194 e. The molecule has 2 heterocycles. The largest absolute Gasteiger partial charge is 0.390 e. The number of hydrogen-bond acceptors (Lipinski definition) is 7. The second-order valence-corrected chi connectivity index (χ2v) is 6.86. The number of aliphatic hydroxyl groups excluding tert-OH is 2. The van der Waals surface area contributed by atoms with Gasteiger partial charge >= 0.3 is 0 Å². The lowest BCUT2D eigenvalue weighted by Crippen LogP contribution is -2.07. The third-order valence-electron chi connectivity index (χ3n) is 5.05. The predicted molar refractivity (Wildman–Crippen MR) is 109 cm³/mol. The molecule has 0 unspecified atom stereocenters. The van der Waals surface area contributed by atoms with Crippen molar-refractivity contribution in [1.82, 2.24) is 10.3 Å². The van der Waals surface area contributed by atoms with E-state index in [9.17, 15) is 15.0 Å². The third kappa shape index (κ3) is 3.24. The maximum absolute atomic E-state index is 13.7. The lowest BCUT2D eigenvalue weighted by atomic mass is 9.89. The normalized spacial score (nSPS) is 11.1. The molecule has 0 atom stereocenters. The number of aliphatic hydroxyl groups is 2. The number of carbonyl (C=O) groups excluding carboxylic acids is 1. The van der Waals surface area contributed by atoms with Crippen LogP contribution in [-0.4, -0.2) is 26.3 Å². The van der Waals surface area contributed by atoms with E-state index in [0.29, 0.717) is 56.3 Å². The molecule has 152 valence electrons. The summed E-state index contributed by atoms with van der Waals surface area (Å²) in [6, 6.07) is 14.3. The lowest BCUT2D eigenvalue weighted by molar-refractivity contribution is 0.104. The van der Waals surface area contributed by atoms with E-state index in [2.05, 4.69) is 10.3 Å². The highest BCUT2D eigenvalue weighted by Gasteiger charge is 2.25. The minimum Gasteiger partial charge on any atom is -0.390 e. The molecule has 4 aromatic rings. The first-order valence-electron chi connectivity index (χ1n) is 9.42. The van der Waals surface area contributed by atoms with Crippen molar-refractivity contribution >= 4 is 5.78 Å². The summed E-state index contributed by atoms with van der Waals surface area (Å²) in [5, 5.41) is 27.1. The van der Waals surface area contributed by atoms with Gasteiger partial charge in [-0.2, -0.15) is 0 Å². The van der Waals surface area contributed by atoms with Crippen molar-refractivity contribution in [3.8, 4) is 22.3 Å². The monoisotopic (exact) mass is 404 g/mol. The Hall–Kier alpha value is -3.55. The summed E-state index contributed by atoms with van der Waals surface area (Å²) in [6.45, 7) is 2.88. The molecular weight excluding hydrogens is 384 g/mol. The second kappa shape index (κ2) is 8.06. The van der Waals surface area contributed by atoms with Crippen molar-refractivity contribution in [2.45, 2.75) is 27.1 Å². The summed E-state index contributed by atoms with van der Waals surface area (Å²) in [4.78, 5) is 13.7. The highest BCUT2D eigenvalue weighted by Crippen LogP contribution is 2.35. The van der Waals surface area contributed by atoms with Crippen molar-refractivity contribution < 1.29 is 24.1 Å². The zero-order valence-electron chi connectivity index (χ0n) is 16.5. The third-order valence-corrected chi connectivity index (χ3v) is 5.05. The fourth-order valence-electron chi connectivity index (χ4n) is 3.69. The second-order valence-electron chi connectivity index (χ2n) is 6.86. The molecule has 2 aromatic carbocycles. The van der Waals surface area contributed by atoms with E-state index in [4.69, 9.17) is 9.05 Å². The first-order valence-corrected chi connectivity index (χ1v) is 9.42. The summed E-state index contributed by atoms with van der Waals surface area (Å²) in [6.07, 6.45) is 0. The average molecular weight is 404 g/mol. The Morgan fingerprint density at radius 2 is 1.17 bits per heavy atom. The lowest BCUT2D eigenvalue weighted by Gasteiger charge is -2.12. The molecule has 0 bridgehead atoms. The molecule has 2 N–H and O–H groups in total. The fourth-order valence-corrected chi connectivity index (χ4v) is 3.69. The molecule has 2 aromatic heterocycles. The molecule has 30 heavy (non-hydrogen) atoms. The van der Waals surface area contributed by atoms with Gasteiger partial charge in [-0.25, -0.2) is 0 Å². The summed E-state index contributed by atoms with van der Waals surface area (Å²) in [7, 11) is 0. The highest BCUT2D eigenvalue weighted by atomic mass is 16.5. The predicted octanol–water partition coefficient (Wildman–Crippen LogP) is 3.83. The average Bonchev–Trinajstić information content (AvgIpc) is 3.34. The van der Waals surface area contributed by atoms with Gasteiger partial charge in [0.15, 0.2) is 5.78 Å². The van der Waals surface area contributed by atoms with Crippen LogP contribution in [0.4, 0.5) is 0 Å². The quantitative estimate of drug-likeness (QED) is 0.470. The van der Waals surface area contributed by atoms with E-state index in [1.807, 2.05) is 12.1 Å². The van der Waals surface area contributed by atoms with Gasteiger partial charge in [0.05, 0.1) is 24.3 Å². The van der Waals surface area contributed by atoms with Crippen LogP contribution in [0.2, 0.25) is 0 Å². The van der Waals surface area contributed by atoms with Crippen molar-refractivity contribution in [2.75, 3.05) is 0 Å². The van der Waals surface area contributed by atoms with Gasteiger partial charge in [0, 0.05) is 11.1 Å². The number of carbonyl (C=O) groups is 1. The molecule has 0 aliphatic carbocycles. The molecule has 0 radical (unpaired) electrons. The van der Waals surface area contributed by atoms with Gasteiger partial charge in [0.25, 0.3) is 0 Å². The molecule has 0 saturated carbocycles. The standard InChI is InChI=1S/C23H20N2O5/c1-13-21(19(11-26)24-29-13)15-7-3-5-9-17(15)23(28)18-10-6-4-8-16(18)22-14(2)30-25-20(22)12-27/h3-10,26-27H,11-12H2,1-2H3. The molecule has 0 aliphatic rings. The maximum atomic E-state index is 13.7. The van der Waals surface area contributed by atoms with Crippen LogP contribution in [0.15, 0.2) is 57.6 Å². The van der Waals surface area contributed by atoms with Gasteiger partial charge in [-0.1, -0.05) is 58.8 Å². The van der Waals surface area contributed by atoms with Crippen LogP contribution in [0.5, 0.6) is 0 Å². The summed E-state index contributed by atoms with van der Waals surface area (Å²) >= 11 is 0. The molecule has 7 heteroatoms. The summed E-state index contributed by atoms with van der Waals surface area (Å²) in [5.41, 5.74) is 4.12. The van der Waals surface area contributed by atoms with Crippen molar-refractivity contribution in [3.05, 3.63) is 82.6 Å². The Balaban J connectivity index is 1.90. The van der Waals surface area contributed by atoms with Gasteiger partial charge in [-0.15, -0.1) is 0 Å². The topological polar surface area (TPSA) is 110 Å². The van der Waals surface area contributed by atoms with E-state index in [-0.39, 0.29) is 19.0 Å². The van der Waals surface area contributed by atoms with Gasteiger partial charge < -0.3 is 19.3 Å². The van der Waals surface area contributed by atoms with Gasteiger partial charge in [-0.05, 0) is 25.0 Å². The Kier molecular flexibility index (Phi) is 5.31. The van der Waals surface area contributed by atoms with E-state index in [1.54, 1.807) is 50.2 Å².